The van der Waals surface area contributed by atoms with Crippen LogP contribution >= 0.6 is 15.9 Å². The summed E-state index contributed by atoms with van der Waals surface area (Å²) in [6.07, 6.45) is -1.78. The standard InChI is InChI=1S/C26H32BrN3O7/c1-24(2,3)36-22(33)30(23(34)37-25(4,5)6)21-28-18(13-19(31)29(21)7)17-14-26(17,20(32)35-8)15-10-9-11-16(27)12-15/h9-13,17H,14H2,1-8H3/t17-,26+/m0/s1. The highest BCUT2D eigenvalue weighted by Crippen LogP contribution is 2.61. The Morgan fingerprint density at radius 1 is 1.05 bits per heavy atom. The molecule has 1 aliphatic rings. The summed E-state index contributed by atoms with van der Waals surface area (Å²) in [5.74, 6) is -1.29. The first kappa shape index (κ1) is 28.4. The molecule has 37 heavy (non-hydrogen) atoms. The van der Waals surface area contributed by atoms with E-state index in [1.165, 1.54) is 20.2 Å². The molecule has 0 saturated heterocycles. The van der Waals surface area contributed by atoms with Gasteiger partial charge >= 0.3 is 18.2 Å². The average Bonchev–Trinajstić information content (AvgIpc) is 3.50. The van der Waals surface area contributed by atoms with E-state index in [1.54, 1.807) is 53.7 Å². The first-order chi connectivity index (χ1) is 17.0. The Balaban J connectivity index is 2.14. The lowest BCUT2D eigenvalue weighted by Gasteiger charge is -2.28. The number of hydrogen-bond donors (Lipinski definition) is 0. The summed E-state index contributed by atoms with van der Waals surface area (Å²) in [5, 5.41) is 0. The minimum atomic E-state index is -1.07. The number of hydrogen-bond acceptors (Lipinski definition) is 8. The Hall–Kier alpha value is -3.21. The summed E-state index contributed by atoms with van der Waals surface area (Å²) >= 11 is 3.43. The van der Waals surface area contributed by atoms with Gasteiger partial charge in [-0.3, -0.25) is 14.2 Å². The molecule has 1 aromatic carbocycles. The molecule has 2 atom stereocenters. The van der Waals surface area contributed by atoms with Gasteiger partial charge in [0, 0.05) is 23.5 Å². The van der Waals surface area contributed by atoms with E-state index in [0.717, 1.165) is 9.04 Å². The Morgan fingerprint density at radius 3 is 2.11 bits per heavy atom. The third-order valence-electron chi connectivity index (χ3n) is 5.69. The minimum absolute atomic E-state index is 0.237. The van der Waals surface area contributed by atoms with Crippen molar-refractivity contribution in [2.75, 3.05) is 12.0 Å². The van der Waals surface area contributed by atoms with Gasteiger partial charge in [-0.1, -0.05) is 28.1 Å². The second kappa shape index (κ2) is 9.92. The van der Waals surface area contributed by atoms with Crippen molar-refractivity contribution in [2.24, 2.45) is 7.05 Å². The number of carbonyl (C=O) groups excluding carboxylic acids is 3. The molecule has 3 rings (SSSR count). The zero-order chi connectivity index (χ0) is 27.9. The van der Waals surface area contributed by atoms with Gasteiger partial charge in [-0.15, -0.1) is 4.90 Å². The van der Waals surface area contributed by atoms with E-state index in [0.29, 0.717) is 16.9 Å². The number of rotatable bonds is 4. The van der Waals surface area contributed by atoms with Crippen molar-refractivity contribution < 1.29 is 28.6 Å². The fraction of sp³-hybridized carbons (Fsp3) is 0.500. The molecule has 0 aliphatic heterocycles. The van der Waals surface area contributed by atoms with Crippen molar-refractivity contribution in [1.29, 1.82) is 0 Å². The van der Waals surface area contributed by atoms with Gasteiger partial charge in [-0.2, -0.15) is 0 Å². The maximum atomic E-state index is 13.2. The number of esters is 1. The van der Waals surface area contributed by atoms with E-state index in [1.807, 2.05) is 12.1 Å². The SMILES string of the molecule is COC(=O)[C@@]1(c2cccc(Br)c2)C[C@H]1c1cc(=O)n(C)c(N(C(=O)OC(C)(C)C)C(=O)OC(C)(C)C)n1. The van der Waals surface area contributed by atoms with E-state index in [-0.39, 0.29) is 11.6 Å². The highest BCUT2D eigenvalue weighted by molar-refractivity contribution is 9.10. The molecule has 1 aromatic heterocycles. The third-order valence-corrected chi connectivity index (χ3v) is 6.18. The van der Waals surface area contributed by atoms with Crippen LogP contribution in [0.5, 0.6) is 0 Å². The van der Waals surface area contributed by atoms with E-state index in [4.69, 9.17) is 14.2 Å². The van der Waals surface area contributed by atoms with Crippen LogP contribution in [0.1, 0.15) is 65.1 Å². The molecule has 0 bridgehead atoms. The number of amides is 2. The molecule has 10 nitrogen and oxygen atoms in total. The fourth-order valence-corrected chi connectivity index (χ4v) is 4.41. The number of carbonyl (C=O) groups is 3. The molecule has 200 valence electrons. The summed E-state index contributed by atoms with van der Waals surface area (Å²) in [6.45, 7) is 9.88. The summed E-state index contributed by atoms with van der Waals surface area (Å²) in [5.41, 5.74) is -2.55. The minimum Gasteiger partial charge on any atom is -0.468 e. The summed E-state index contributed by atoms with van der Waals surface area (Å²) in [6, 6.07) is 8.54. The molecule has 11 heteroatoms. The average molecular weight is 578 g/mol. The van der Waals surface area contributed by atoms with E-state index < -0.39 is 46.3 Å². The number of imide groups is 1. The molecular formula is C26H32BrN3O7. The Labute approximate surface area is 224 Å². The van der Waals surface area contributed by atoms with Gasteiger partial charge in [0.1, 0.15) is 16.6 Å². The number of benzene rings is 1. The van der Waals surface area contributed by atoms with Gasteiger partial charge in [-0.25, -0.2) is 14.6 Å². The van der Waals surface area contributed by atoms with Gasteiger partial charge in [0.15, 0.2) is 0 Å². The van der Waals surface area contributed by atoms with E-state index >= 15 is 0 Å². The molecule has 2 aromatic rings. The van der Waals surface area contributed by atoms with Crippen LogP contribution in [0.15, 0.2) is 39.6 Å². The lowest BCUT2D eigenvalue weighted by Crippen LogP contribution is -2.46. The van der Waals surface area contributed by atoms with E-state index in [2.05, 4.69) is 20.9 Å². The smallest absolute Gasteiger partial charge is 0.427 e. The van der Waals surface area contributed by atoms with Crippen molar-refractivity contribution in [3.05, 3.63) is 56.4 Å². The molecule has 1 saturated carbocycles. The molecule has 1 aliphatic carbocycles. The summed E-state index contributed by atoms with van der Waals surface area (Å²) < 4.78 is 17.8. The highest BCUT2D eigenvalue weighted by Gasteiger charge is 2.63. The Bertz CT molecular complexity index is 1260. The first-order valence-electron chi connectivity index (χ1n) is 11.7. The number of ether oxygens (including phenoxy) is 3. The Morgan fingerprint density at radius 2 is 1.62 bits per heavy atom. The molecule has 0 radical (unpaired) electrons. The monoisotopic (exact) mass is 577 g/mol. The van der Waals surface area contributed by atoms with Crippen LogP contribution in [0.4, 0.5) is 15.5 Å². The number of nitrogens with zero attached hydrogens (tertiary/aromatic N) is 3. The van der Waals surface area contributed by atoms with Crippen molar-refractivity contribution in [2.45, 2.75) is 70.5 Å². The maximum Gasteiger partial charge on any atom is 0.427 e. The van der Waals surface area contributed by atoms with Crippen LogP contribution in [0.3, 0.4) is 0 Å². The van der Waals surface area contributed by atoms with Crippen LogP contribution in [-0.4, -0.2) is 46.0 Å². The number of anilines is 1. The lowest BCUT2D eigenvalue weighted by atomic mass is 9.92. The molecule has 1 fully saturated rings. The zero-order valence-electron chi connectivity index (χ0n) is 22.2. The quantitative estimate of drug-likeness (QED) is 0.375. The van der Waals surface area contributed by atoms with Gasteiger partial charge in [0.2, 0.25) is 5.95 Å². The second-order valence-electron chi connectivity index (χ2n) is 10.9. The van der Waals surface area contributed by atoms with E-state index in [9.17, 15) is 19.2 Å². The van der Waals surface area contributed by atoms with Crippen molar-refractivity contribution >= 4 is 40.0 Å². The molecule has 2 amide bonds. The van der Waals surface area contributed by atoms with Crippen LogP contribution in [-0.2, 0) is 31.5 Å². The van der Waals surface area contributed by atoms with Crippen molar-refractivity contribution in [1.82, 2.24) is 9.55 Å². The highest BCUT2D eigenvalue weighted by atomic mass is 79.9. The van der Waals surface area contributed by atoms with Crippen LogP contribution in [0, 0.1) is 0 Å². The molecule has 1 heterocycles. The van der Waals surface area contributed by atoms with Crippen LogP contribution in [0.2, 0.25) is 0 Å². The van der Waals surface area contributed by atoms with Gasteiger partial charge in [-0.05, 0) is 65.7 Å². The maximum absolute atomic E-state index is 13.2. The largest absolute Gasteiger partial charge is 0.468 e. The molecular weight excluding hydrogens is 546 g/mol. The molecule has 0 spiro atoms. The number of halogens is 1. The first-order valence-corrected chi connectivity index (χ1v) is 12.5. The third kappa shape index (κ3) is 6.03. The topological polar surface area (TPSA) is 117 Å². The predicted molar refractivity (Wildman–Crippen MR) is 140 cm³/mol. The van der Waals surface area contributed by atoms with Gasteiger partial charge < -0.3 is 14.2 Å². The summed E-state index contributed by atoms with van der Waals surface area (Å²) in [4.78, 5) is 57.4. The van der Waals surface area contributed by atoms with Crippen LogP contribution < -0.4 is 10.5 Å². The molecule has 0 N–H and O–H groups in total. The van der Waals surface area contributed by atoms with Gasteiger partial charge in [0.25, 0.3) is 5.56 Å². The summed E-state index contributed by atoms with van der Waals surface area (Å²) in [7, 11) is 2.68. The lowest BCUT2D eigenvalue weighted by molar-refractivity contribution is -0.143. The number of methoxy groups -OCH3 is 1. The van der Waals surface area contributed by atoms with Gasteiger partial charge in [0.05, 0.1) is 12.8 Å². The van der Waals surface area contributed by atoms with Crippen molar-refractivity contribution in [3.63, 3.8) is 0 Å². The second-order valence-corrected chi connectivity index (χ2v) is 11.8. The molecule has 0 unspecified atom stereocenters. The zero-order valence-corrected chi connectivity index (χ0v) is 23.8. The fourth-order valence-electron chi connectivity index (χ4n) is 4.01. The van der Waals surface area contributed by atoms with Crippen molar-refractivity contribution in [3.8, 4) is 0 Å². The predicted octanol–water partition coefficient (Wildman–Crippen LogP) is 4.82. The normalized spacial score (nSPS) is 19.1. The van der Waals surface area contributed by atoms with Crippen LogP contribution in [0.25, 0.3) is 0 Å². The Kier molecular flexibility index (Phi) is 7.61. The number of aromatic nitrogens is 2.